The summed E-state index contributed by atoms with van der Waals surface area (Å²) in [5, 5.41) is 2.93. The van der Waals surface area contributed by atoms with E-state index in [-0.39, 0.29) is 36.2 Å². The Kier molecular flexibility index (Phi) is 8.88. The molecular formula is C19H30ClN3O3. The summed E-state index contributed by atoms with van der Waals surface area (Å²) in [7, 11) is 3.36. The van der Waals surface area contributed by atoms with E-state index in [9.17, 15) is 9.59 Å². The minimum absolute atomic E-state index is 0. The molecular weight excluding hydrogens is 354 g/mol. The molecule has 0 unspecified atom stereocenters. The van der Waals surface area contributed by atoms with Gasteiger partial charge in [-0.3, -0.25) is 9.59 Å². The quantitative estimate of drug-likeness (QED) is 0.758. The van der Waals surface area contributed by atoms with Gasteiger partial charge < -0.3 is 20.7 Å². The molecule has 1 saturated carbocycles. The Bertz CT molecular complexity index is 601. The highest BCUT2D eigenvalue weighted by molar-refractivity contribution is 5.91. The second-order valence-corrected chi connectivity index (χ2v) is 7.09. The van der Waals surface area contributed by atoms with Crippen LogP contribution >= 0.6 is 12.4 Å². The van der Waals surface area contributed by atoms with Gasteiger partial charge >= 0.3 is 0 Å². The first-order chi connectivity index (χ1) is 11.9. The summed E-state index contributed by atoms with van der Waals surface area (Å²) in [4.78, 5) is 25.5. The number of ether oxygens (including phenoxy) is 1. The van der Waals surface area contributed by atoms with Gasteiger partial charge in [-0.05, 0) is 36.9 Å². The van der Waals surface area contributed by atoms with Gasteiger partial charge in [-0.15, -0.1) is 12.4 Å². The number of rotatable bonds is 7. The summed E-state index contributed by atoms with van der Waals surface area (Å²) < 4.78 is 5.48. The van der Waals surface area contributed by atoms with Crippen LogP contribution in [0.5, 0.6) is 5.75 Å². The minimum atomic E-state index is -0.114. The summed E-state index contributed by atoms with van der Waals surface area (Å²) in [5.74, 6) is 0.421. The summed E-state index contributed by atoms with van der Waals surface area (Å²) in [5.41, 5.74) is 6.57. The summed E-state index contributed by atoms with van der Waals surface area (Å²) in [6.07, 6.45) is 6.02. The van der Waals surface area contributed by atoms with Crippen molar-refractivity contribution in [1.29, 1.82) is 0 Å². The number of amides is 2. The van der Waals surface area contributed by atoms with Crippen LogP contribution in [0, 0.1) is 5.41 Å². The van der Waals surface area contributed by atoms with Gasteiger partial charge in [-0.1, -0.05) is 25.3 Å². The molecule has 6 nitrogen and oxygen atoms in total. The zero-order valence-electron chi connectivity index (χ0n) is 15.6. The number of hydrogen-bond donors (Lipinski definition) is 2. The van der Waals surface area contributed by atoms with Crippen LogP contribution in [0.15, 0.2) is 24.3 Å². The van der Waals surface area contributed by atoms with Crippen molar-refractivity contribution < 1.29 is 14.3 Å². The zero-order chi connectivity index (χ0) is 18.3. The van der Waals surface area contributed by atoms with Gasteiger partial charge in [0.2, 0.25) is 5.91 Å². The predicted molar refractivity (Wildman–Crippen MR) is 106 cm³/mol. The lowest BCUT2D eigenvalue weighted by Gasteiger charge is -2.35. The molecule has 146 valence electrons. The number of carbonyl (C=O) groups is 2. The normalized spacial score (nSPS) is 15.5. The van der Waals surface area contributed by atoms with Gasteiger partial charge in [0.05, 0.1) is 0 Å². The van der Waals surface area contributed by atoms with Crippen LogP contribution in [-0.2, 0) is 9.59 Å². The molecule has 1 aromatic rings. The molecule has 1 aliphatic rings. The molecule has 0 saturated heterocycles. The van der Waals surface area contributed by atoms with Gasteiger partial charge in [0, 0.05) is 32.3 Å². The number of nitrogens with two attached hydrogens (primary N) is 1. The molecule has 3 N–H and O–H groups in total. The van der Waals surface area contributed by atoms with E-state index in [0.717, 1.165) is 25.7 Å². The maximum absolute atomic E-state index is 12.4. The third-order valence-electron chi connectivity index (χ3n) is 4.86. The number of anilines is 1. The molecule has 0 radical (unpaired) electrons. The number of likely N-dealkylation sites (N-methyl/N-ethyl adjacent to an activating group) is 1. The smallest absolute Gasteiger partial charge is 0.259 e. The molecule has 2 amide bonds. The third kappa shape index (κ3) is 6.50. The third-order valence-corrected chi connectivity index (χ3v) is 4.86. The van der Waals surface area contributed by atoms with Crippen LogP contribution in [-0.4, -0.2) is 44.0 Å². The lowest BCUT2D eigenvalue weighted by molar-refractivity contribution is -0.130. The van der Waals surface area contributed by atoms with Crippen LogP contribution in [0.1, 0.15) is 38.5 Å². The van der Waals surface area contributed by atoms with Crippen LogP contribution in [0.25, 0.3) is 0 Å². The lowest BCUT2D eigenvalue weighted by atomic mass is 9.71. The first kappa shape index (κ1) is 22.3. The van der Waals surface area contributed by atoms with Crippen LogP contribution in [0.4, 0.5) is 5.69 Å². The second-order valence-electron chi connectivity index (χ2n) is 7.09. The Balaban J connectivity index is 0.00000338. The fourth-order valence-electron chi connectivity index (χ4n) is 3.24. The van der Waals surface area contributed by atoms with E-state index >= 15 is 0 Å². The number of hydrogen-bond acceptors (Lipinski definition) is 4. The highest BCUT2D eigenvalue weighted by atomic mass is 35.5. The standard InChI is InChI=1S/C19H29N3O3.ClH/c1-22(2)18(24)13-25-16-8-6-7-15(11-16)21-17(23)12-19(14-20)9-4-3-5-10-19;/h6-8,11H,3-5,9-10,12-14,20H2,1-2H3,(H,21,23);1H. The second kappa shape index (κ2) is 10.4. The average Bonchev–Trinajstić information content (AvgIpc) is 2.60. The number of carbonyl (C=O) groups excluding carboxylic acids is 2. The first-order valence-corrected chi connectivity index (χ1v) is 8.87. The number of benzene rings is 1. The summed E-state index contributed by atoms with van der Waals surface area (Å²) in [6, 6.07) is 7.11. The number of halogens is 1. The highest BCUT2D eigenvalue weighted by Crippen LogP contribution is 2.38. The van der Waals surface area contributed by atoms with Crippen molar-refractivity contribution in [3.8, 4) is 5.75 Å². The van der Waals surface area contributed by atoms with Crippen LogP contribution < -0.4 is 15.8 Å². The highest BCUT2D eigenvalue weighted by Gasteiger charge is 2.32. The van der Waals surface area contributed by atoms with Crippen LogP contribution in [0.3, 0.4) is 0 Å². The molecule has 2 rings (SSSR count). The van der Waals surface area contributed by atoms with Gasteiger partial charge in [0.1, 0.15) is 5.75 Å². The van der Waals surface area contributed by atoms with E-state index in [1.165, 1.54) is 11.3 Å². The SMILES string of the molecule is CN(C)C(=O)COc1cccc(NC(=O)CC2(CN)CCCCC2)c1.Cl. The van der Waals surface area contributed by atoms with E-state index in [1.54, 1.807) is 32.3 Å². The Morgan fingerprint density at radius 1 is 1.23 bits per heavy atom. The molecule has 7 heteroatoms. The van der Waals surface area contributed by atoms with Gasteiger partial charge in [0.15, 0.2) is 6.61 Å². The van der Waals surface area contributed by atoms with Gasteiger partial charge in [0.25, 0.3) is 5.91 Å². The van der Waals surface area contributed by atoms with E-state index < -0.39 is 0 Å². The molecule has 1 fully saturated rings. The summed E-state index contributed by atoms with van der Waals surface area (Å²) in [6.45, 7) is 0.525. The Morgan fingerprint density at radius 3 is 2.54 bits per heavy atom. The first-order valence-electron chi connectivity index (χ1n) is 8.87. The molecule has 1 aromatic carbocycles. The topological polar surface area (TPSA) is 84.7 Å². The monoisotopic (exact) mass is 383 g/mol. The van der Waals surface area contributed by atoms with E-state index in [4.69, 9.17) is 10.5 Å². The predicted octanol–water partition coefficient (Wildman–Crippen LogP) is 2.81. The molecule has 0 spiro atoms. The van der Waals surface area contributed by atoms with Crippen molar-refractivity contribution in [2.75, 3.05) is 32.6 Å². The van der Waals surface area contributed by atoms with Crippen molar-refractivity contribution in [1.82, 2.24) is 4.90 Å². The molecule has 0 heterocycles. The van der Waals surface area contributed by atoms with Gasteiger partial charge in [-0.25, -0.2) is 0 Å². The Labute approximate surface area is 161 Å². The number of nitrogens with one attached hydrogen (secondary N) is 1. The van der Waals surface area contributed by atoms with Gasteiger partial charge in [-0.2, -0.15) is 0 Å². The average molecular weight is 384 g/mol. The number of nitrogens with zero attached hydrogens (tertiary/aromatic N) is 1. The summed E-state index contributed by atoms with van der Waals surface area (Å²) >= 11 is 0. The molecule has 0 aliphatic heterocycles. The zero-order valence-corrected chi connectivity index (χ0v) is 16.4. The van der Waals surface area contributed by atoms with Crippen molar-refractivity contribution >= 4 is 29.9 Å². The maximum Gasteiger partial charge on any atom is 0.259 e. The van der Waals surface area contributed by atoms with E-state index in [2.05, 4.69) is 5.32 Å². The van der Waals surface area contributed by atoms with E-state index in [0.29, 0.717) is 24.4 Å². The maximum atomic E-state index is 12.4. The van der Waals surface area contributed by atoms with Crippen molar-refractivity contribution in [3.05, 3.63) is 24.3 Å². The van der Waals surface area contributed by atoms with E-state index in [1.807, 2.05) is 6.07 Å². The largest absolute Gasteiger partial charge is 0.484 e. The van der Waals surface area contributed by atoms with Crippen molar-refractivity contribution in [3.63, 3.8) is 0 Å². The minimum Gasteiger partial charge on any atom is -0.484 e. The van der Waals surface area contributed by atoms with Crippen molar-refractivity contribution in [2.45, 2.75) is 38.5 Å². The Morgan fingerprint density at radius 2 is 1.92 bits per heavy atom. The van der Waals surface area contributed by atoms with Crippen molar-refractivity contribution in [2.24, 2.45) is 11.1 Å². The molecule has 0 bridgehead atoms. The fourth-order valence-corrected chi connectivity index (χ4v) is 3.24. The lowest BCUT2D eigenvalue weighted by Crippen LogP contribution is -2.36. The molecule has 0 aromatic heterocycles. The Hall–Kier alpha value is -1.79. The fraction of sp³-hybridized carbons (Fsp3) is 0.579. The molecule has 1 aliphatic carbocycles. The van der Waals surface area contributed by atoms with Crippen LogP contribution in [0.2, 0.25) is 0 Å². The molecule has 0 atom stereocenters. The molecule has 26 heavy (non-hydrogen) atoms.